The average molecular weight is 513 g/mol. The molecule has 0 saturated carbocycles. The highest BCUT2D eigenvalue weighted by molar-refractivity contribution is 7.92. The van der Waals surface area contributed by atoms with E-state index >= 15 is 0 Å². The third-order valence-corrected chi connectivity index (χ3v) is 9.48. The normalized spacial score (nSPS) is 21.1. The second kappa shape index (κ2) is 11.3. The second-order valence-electron chi connectivity index (χ2n) is 9.37. The van der Waals surface area contributed by atoms with Crippen LogP contribution in [0.4, 0.5) is 0 Å². The van der Waals surface area contributed by atoms with Gasteiger partial charge in [-0.05, 0) is 56.7 Å². The summed E-state index contributed by atoms with van der Waals surface area (Å²) in [6, 6.07) is 7.13. The minimum atomic E-state index is -3.68. The third-order valence-electron chi connectivity index (χ3n) is 6.59. The summed E-state index contributed by atoms with van der Waals surface area (Å²) in [4.78, 5) is 15.0. The molecule has 190 valence electrons. The molecule has 9 nitrogen and oxygen atoms in total. The van der Waals surface area contributed by atoms with Gasteiger partial charge in [0.1, 0.15) is 0 Å². The van der Waals surface area contributed by atoms with Gasteiger partial charge in [-0.2, -0.15) is 4.31 Å². The molecule has 2 saturated heterocycles. The predicted molar refractivity (Wildman–Crippen MR) is 132 cm³/mol. The minimum Gasteiger partial charge on any atom is -0.353 e. The van der Waals surface area contributed by atoms with Gasteiger partial charge in [-0.15, -0.1) is 0 Å². The van der Waals surface area contributed by atoms with Gasteiger partial charge in [-0.1, -0.05) is 18.7 Å². The van der Waals surface area contributed by atoms with Crippen molar-refractivity contribution < 1.29 is 21.6 Å². The van der Waals surface area contributed by atoms with E-state index in [1.165, 1.54) is 16.4 Å². The Labute approximate surface area is 203 Å². The molecule has 3 rings (SSSR count). The number of hydrogen-bond acceptors (Lipinski definition) is 6. The molecular formula is C23H36N4O5S2. The van der Waals surface area contributed by atoms with Gasteiger partial charge < -0.3 is 10.2 Å². The molecule has 0 aromatic heterocycles. The Kier molecular flexibility index (Phi) is 8.91. The summed E-state index contributed by atoms with van der Waals surface area (Å²) in [5.41, 5.74) is 0.759. The van der Waals surface area contributed by atoms with Crippen molar-refractivity contribution in [1.82, 2.24) is 19.2 Å². The Morgan fingerprint density at radius 2 is 1.74 bits per heavy atom. The highest BCUT2D eigenvalue weighted by Crippen LogP contribution is 2.24. The summed E-state index contributed by atoms with van der Waals surface area (Å²) in [5, 5.41) is 3.94. The Bertz CT molecular complexity index is 1060. The van der Waals surface area contributed by atoms with Crippen LogP contribution in [0.5, 0.6) is 0 Å². The lowest BCUT2D eigenvalue weighted by atomic mass is 10.0. The molecule has 1 amide bonds. The summed E-state index contributed by atoms with van der Waals surface area (Å²) in [6.07, 6.45) is 2.66. The molecule has 2 aliphatic heterocycles. The molecule has 1 atom stereocenters. The fourth-order valence-corrected chi connectivity index (χ4v) is 6.54. The zero-order valence-corrected chi connectivity index (χ0v) is 21.6. The fraction of sp³-hybridized carbons (Fsp3) is 0.609. The maximum absolute atomic E-state index is 13.0. The van der Waals surface area contributed by atoms with E-state index in [9.17, 15) is 21.6 Å². The average Bonchev–Trinajstić information content (AvgIpc) is 3.29. The summed E-state index contributed by atoms with van der Waals surface area (Å²) in [7, 11) is -7.21. The number of amides is 1. The van der Waals surface area contributed by atoms with E-state index < -0.39 is 20.0 Å². The number of likely N-dealkylation sites (tertiary alicyclic amines) is 1. The first-order chi connectivity index (χ1) is 16.0. The van der Waals surface area contributed by atoms with Gasteiger partial charge in [0.15, 0.2) is 0 Å². The topological polar surface area (TPSA) is 116 Å². The van der Waals surface area contributed by atoms with Crippen molar-refractivity contribution >= 4 is 26.0 Å². The van der Waals surface area contributed by atoms with Crippen molar-refractivity contribution in [2.45, 2.75) is 56.5 Å². The molecular weight excluding hydrogens is 476 g/mol. The summed E-state index contributed by atoms with van der Waals surface area (Å²) in [6.45, 7) is 10.3. The molecule has 0 bridgehead atoms. The van der Waals surface area contributed by atoms with Crippen LogP contribution < -0.4 is 10.0 Å². The van der Waals surface area contributed by atoms with Crippen LogP contribution in [-0.4, -0.2) is 76.8 Å². The van der Waals surface area contributed by atoms with Gasteiger partial charge in [0.05, 0.1) is 11.3 Å². The fourth-order valence-electron chi connectivity index (χ4n) is 4.43. The molecule has 2 fully saturated rings. The quantitative estimate of drug-likeness (QED) is 0.488. The molecule has 0 spiro atoms. The van der Waals surface area contributed by atoms with E-state index in [0.29, 0.717) is 19.0 Å². The van der Waals surface area contributed by atoms with Crippen LogP contribution in [0.1, 0.15) is 38.7 Å². The molecule has 2 aliphatic rings. The van der Waals surface area contributed by atoms with Gasteiger partial charge in [0.2, 0.25) is 26.0 Å². The van der Waals surface area contributed by atoms with Crippen molar-refractivity contribution in [1.29, 1.82) is 0 Å². The first kappa shape index (κ1) is 26.8. The summed E-state index contributed by atoms with van der Waals surface area (Å²) < 4.78 is 52.8. The van der Waals surface area contributed by atoms with Gasteiger partial charge in [0, 0.05) is 50.2 Å². The summed E-state index contributed by atoms with van der Waals surface area (Å²) >= 11 is 0. The first-order valence-corrected chi connectivity index (χ1v) is 14.7. The molecule has 0 radical (unpaired) electrons. The van der Waals surface area contributed by atoms with Crippen LogP contribution >= 0.6 is 0 Å². The van der Waals surface area contributed by atoms with E-state index in [0.717, 1.165) is 36.9 Å². The smallest absolute Gasteiger partial charge is 0.243 e. The van der Waals surface area contributed by atoms with E-state index in [1.807, 2.05) is 0 Å². The molecule has 1 aromatic rings. The molecule has 11 heteroatoms. The van der Waals surface area contributed by atoms with Crippen molar-refractivity contribution in [3.63, 3.8) is 0 Å². The molecule has 1 aromatic carbocycles. The standard InChI is InChI=1S/C23H36N4O5S2/c1-4-33(29,30)24-16-20-9-14-27(17-20)34(31,32)22-7-5-19(6-8-22)15-23(28)25-21-10-12-26(13-11-21)18(2)3/h4-8,18,20-21,24H,1,9-17H2,2-3H3,(H,25,28). The van der Waals surface area contributed by atoms with Crippen LogP contribution in [0.2, 0.25) is 0 Å². The Morgan fingerprint density at radius 3 is 2.32 bits per heavy atom. The zero-order valence-electron chi connectivity index (χ0n) is 19.9. The lowest BCUT2D eigenvalue weighted by Gasteiger charge is -2.34. The first-order valence-electron chi connectivity index (χ1n) is 11.7. The third kappa shape index (κ3) is 7.11. The van der Waals surface area contributed by atoms with Crippen LogP contribution in [0.25, 0.3) is 0 Å². The molecule has 2 heterocycles. The Morgan fingerprint density at radius 1 is 1.09 bits per heavy atom. The van der Waals surface area contributed by atoms with Crippen LogP contribution in [0.15, 0.2) is 41.1 Å². The number of piperidine rings is 1. The number of nitrogens with one attached hydrogen (secondary N) is 2. The maximum atomic E-state index is 13.0. The van der Waals surface area contributed by atoms with Crippen LogP contribution in [0, 0.1) is 5.92 Å². The monoisotopic (exact) mass is 512 g/mol. The van der Waals surface area contributed by atoms with Crippen molar-refractivity contribution in [3.05, 3.63) is 41.8 Å². The van der Waals surface area contributed by atoms with Gasteiger partial charge in [-0.25, -0.2) is 21.6 Å². The van der Waals surface area contributed by atoms with E-state index in [4.69, 9.17) is 0 Å². The number of benzene rings is 1. The largest absolute Gasteiger partial charge is 0.353 e. The molecule has 0 aliphatic carbocycles. The summed E-state index contributed by atoms with van der Waals surface area (Å²) in [5.74, 6) is -0.150. The van der Waals surface area contributed by atoms with Crippen molar-refractivity contribution in [3.8, 4) is 0 Å². The lowest BCUT2D eigenvalue weighted by Crippen LogP contribution is -2.46. The predicted octanol–water partition coefficient (Wildman–Crippen LogP) is 1.29. The van der Waals surface area contributed by atoms with Gasteiger partial charge in [-0.3, -0.25) is 4.79 Å². The minimum absolute atomic E-state index is 0.0528. The number of sulfonamides is 2. The van der Waals surface area contributed by atoms with E-state index in [1.54, 1.807) is 12.1 Å². The van der Waals surface area contributed by atoms with Gasteiger partial charge in [0.25, 0.3) is 0 Å². The Balaban J connectivity index is 1.50. The van der Waals surface area contributed by atoms with E-state index in [2.05, 4.69) is 35.4 Å². The highest BCUT2D eigenvalue weighted by atomic mass is 32.2. The number of hydrogen-bond donors (Lipinski definition) is 2. The second-order valence-corrected chi connectivity index (χ2v) is 13.0. The van der Waals surface area contributed by atoms with E-state index in [-0.39, 0.29) is 42.3 Å². The SMILES string of the molecule is C=CS(=O)(=O)NCC1CCN(S(=O)(=O)c2ccc(CC(=O)NC3CCN(C(C)C)CC3)cc2)C1. The number of rotatable bonds is 10. The molecule has 1 unspecified atom stereocenters. The van der Waals surface area contributed by atoms with Crippen LogP contribution in [0.3, 0.4) is 0 Å². The molecule has 34 heavy (non-hydrogen) atoms. The number of carbonyl (C=O) groups is 1. The van der Waals surface area contributed by atoms with Gasteiger partial charge >= 0.3 is 0 Å². The van der Waals surface area contributed by atoms with Crippen LogP contribution in [-0.2, 0) is 31.3 Å². The highest BCUT2D eigenvalue weighted by Gasteiger charge is 2.33. The number of nitrogens with zero attached hydrogens (tertiary/aromatic N) is 2. The maximum Gasteiger partial charge on any atom is 0.243 e. The van der Waals surface area contributed by atoms with Crippen molar-refractivity contribution in [2.75, 3.05) is 32.7 Å². The van der Waals surface area contributed by atoms with Crippen molar-refractivity contribution in [2.24, 2.45) is 5.92 Å². The zero-order chi connectivity index (χ0) is 24.9. The Hall–Kier alpha value is -1.79. The molecule has 2 N–H and O–H groups in total. The number of carbonyl (C=O) groups excluding carboxylic acids is 1. The lowest BCUT2D eigenvalue weighted by molar-refractivity contribution is -0.121.